The average Bonchev–Trinajstić information content (AvgIpc) is 2.67. The molecule has 1 aromatic rings. The Hall–Kier alpha value is -2.05. The molecule has 0 spiro atoms. The molecule has 0 saturated carbocycles. The summed E-state index contributed by atoms with van der Waals surface area (Å²) in [5, 5.41) is 10.4. The Kier molecular flexibility index (Phi) is 7.48. The molecular weight excluding hydrogens is 358 g/mol. The number of aliphatic hydroxyl groups is 1. The van der Waals surface area contributed by atoms with Crippen molar-refractivity contribution >= 4 is 23.7 Å². The average molecular weight is 382 g/mol. The lowest BCUT2D eigenvalue weighted by Gasteiger charge is -2.42. The predicted octanol–water partition coefficient (Wildman–Crippen LogP) is 2.88. The van der Waals surface area contributed by atoms with Crippen molar-refractivity contribution in [2.24, 2.45) is 0 Å². The number of carbonyl (C=O) groups is 2. The van der Waals surface area contributed by atoms with Crippen molar-refractivity contribution in [1.29, 1.82) is 0 Å². The summed E-state index contributed by atoms with van der Waals surface area (Å²) >= 11 is 5.81. The Bertz CT molecular complexity index is 636. The monoisotopic (exact) mass is 381 g/mol. The van der Waals surface area contributed by atoms with Crippen molar-refractivity contribution in [3.05, 3.63) is 48.0 Å². The number of carbonyl (C=O) groups excluding carboxylic acids is 2. The van der Waals surface area contributed by atoms with E-state index in [4.69, 9.17) is 21.1 Å². The molecule has 142 valence electrons. The maximum atomic E-state index is 12.8. The molecular formula is C19H24ClNO5. The quantitative estimate of drug-likeness (QED) is 0.466. The number of rotatable bonds is 6. The van der Waals surface area contributed by atoms with Gasteiger partial charge in [0.05, 0.1) is 19.3 Å². The number of hydrogen-bond donors (Lipinski definition) is 1. The first-order valence-corrected chi connectivity index (χ1v) is 8.99. The number of benzene rings is 1. The van der Waals surface area contributed by atoms with Crippen LogP contribution in [0.15, 0.2) is 42.5 Å². The van der Waals surface area contributed by atoms with Gasteiger partial charge in [-0.05, 0) is 24.8 Å². The lowest BCUT2D eigenvalue weighted by molar-refractivity contribution is -0.151. The third-order valence-corrected chi connectivity index (χ3v) is 4.83. The van der Waals surface area contributed by atoms with Crippen LogP contribution in [0.1, 0.15) is 24.8 Å². The number of esters is 1. The van der Waals surface area contributed by atoms with E-state index in [1.165, 1.54) is 12.0 Å². The second-order valence-electron chi connectivity index (χ2n) is 6.29. The van der Waals surface area contributed by atoms with Crippen molar-refractivity contribution in [1.82, 2.24) is 4.90 Å². The minimum atomic E-state index is -0.806. The van der Waals surface area contributed by atoms with Crippen molar-refractivity contribution in [2.45, 2.75) is 44.1 Å². The molecule has 1 fully saturated rings. The molecule has 0 radical (unpaired) electrons. The first-order valence-electron chi connectivity index (χ1n) is 8.45. The molecule has 2 rings (SSSR count). The third-order valence-electron chi connectivity index (χ3n) is 4.45. The molecule has 3 atom stereocenters. The summed E-state index contributed by atoms with van der Waals surface area (Å²) in [6.07, 6.45) is -0.491. The molecule has 1 saturated heterocycles. The highest BCUT2D eigenvalue weighted by Crippen LogP contribution is 2.29. The van der Waals surface area contributed by atoms with E-state index < -0.39 is 30.3 Å². The first kappa shape index (κ1) is 20.3. The van der Waals surface area contributed by atoms with Gasteiger partial charge in [-0.15, -0.1) is 11.6 Å². The zero-order valence-corrected chi connectivity index (χ0v) is 15.5. The van der Waals surface area contributed by atoms with Crippen LogP contribution in [0.4, 0.5) is 4.79 Å². The number of ether oxygens (including phenoxy) is 2. The fourth-order valence-corrected chi connectivity index (χ4v) is 3.19. The molecule has 6 nitrogen and oxygen atoms in total. The second-order valence-corrected chi connectivity index (χ2v) is 6.55. The highest BCUT2D eigenvalue weighted by atomic mass is 35.5. The number of hydrogen-bond acceptors (Lipinski definition) is 5. The van der Waals surface area contributed by atoms with Gasteiger partial charge in [0.2, 0.25) is 0 Å². The summed E-state index contributed by atoms with van der Waals surface area (Å²) in [5.41, 5.74) is 1.50. The smallest absolute Gasteiger partial charge is 0.411 e. The van der Waals surface area contributed by atoms with Gasteiger partial charge in [-0.25, -0.2) is 9.59 Å². The van der Waals surface area contributed by atoms with Crippen molar-refractivity contribution in [3.63, 3.8) is 0 Å². The second kappa shape index (κ2) is 9.59. The zero-order chi connectivity index (χ0) is 19.1. The number of likely N-dealkylation sites (tertiary alicyclic amines) is 1. The number of aliphatic hydroxyl groups excluding tert-OH is 1. The predicted molar refractivity (Wildman–Crippen MR) is 97.8 cm³/mol. The lowest BCUT2D eigenvalue weighted by atomic mass is 9.89. The van der Waals surface area contributed by atoms with E-state index >= 15 is 0 Å². The Morgan fingerprint density at radius 3 is 2.62 bits per heavy atom. The minimum absolute atomic E-state index is 0.0728. The van der Waals surface area contributed by atoms with Gasteiger partial charge >= 0.3 is 12.1 Å². The van der Waals surface area contributed by atoms with Crippen molar-refractivity contribution in [2.75, 3.05) is 13.0 Å². The number of halogens is 1. The van der Waals surface area contributed by atoms with Crippen LogP contribution in [0.2, 0.25) is 0 Å². The molecule has 0 bridgehead atoms. The highest BCUT2D eigenvalue weighted by molar-refractivity contribution is 6.19. The Morgan fingerprint density at radius 2 is 2.00 bits per heavy atom. The third kappa shape index (κ3) is 4.99. The summed E-state index contributed by atoms with van der Waals surface area (Å²) < 4.78 is 10.2. The molecule has 1 heterocycles. The maximum absolute atomic E-state index is 12.8. The van der Waals surface area contributed by atoms with Crippen LogP contribution in [-0.4, -0.2) is 53.2 Å². The molecule has 1 aliphatic heterocycles. The van der Waals surface area contributed by atoms with Gasteiger partial charge in [-0.1, -0.05) is 42.5 Å². The van der Waals surface area contributed by atoms with Gasteiger partial charge in [0, 0.05) is 5.88 Å². The molecule has 1 N–H and O–H groups in total. The summed E-state index contributed by atoms with van der Waals surface area (Å²) in [4.78, 5) is 26.2. The molecule has 1 aromatic carbocycles. The molecule has 0 unspecified atom stereocenters. The first-order chi connectivity index (χ1) is 12.5. The van der Waals surface area contributed by atoms with Crippen LogP contribution in [0.25, 0.3) is 0 Å². The number of methoxy groups -OCH3 is 1. The van der Waals surface area contributed by atoms with E-state index in [1.807, 2.05) is 30.3 Å². The normalized spacial score (nSPS) is 22.6. The number of piperidine rings is 1. The fraction of sp³-hybridized carbons (Fsp3) is 0.474. The van der Waals surface area contributed by atoms with E-state index in [2.05, 4.69) is 6.58 Å². The minimum Gasteiger partial charge on any atom is -0.467 e. The lowest BCUT2D eigenvalue weighted by Crippen LogP contribution is -2.59. The standard InChI is InChI=1S/C19H24ClNO5/c1-13(11-20)10-16-17(22)9-8-15(18(23)25-2)21(16)19(24)26-12-14-6-4-3-5-7-14/h3-7,15-17,22H,1,8-12H2,2H3/t15-,16-,17+/m0/s1. The maximum Gasteiger partial charge on any atom is 0.411 e. The van der Waals surface area contributed by atoms with Crippen LogP contribution < -0.4 is 0 Å². The van der Waals surface area contributed by atoms with Gasteiger partial charge in [-0.2, -0.15) is 0 Å². The van der Waals surface area contributed by atoms with Gasteiger partial charge in [-0.3, -0.25) is 4.90 Å². The van der Waals surface area contributed by atoms with Crippen LogP contribution >= 0.6 is 11.6 Å². The van der Waals surface area contributed by atoms with Crippen molar-refractivity contribution in [3.8, 4) is 0 Å². The van der Waals surface area contributed by atoms with Crippen LogP contribution in [0, 0.1) is 0 Å². The van der Waals surface area contributed by atoms with Gasteiger partial charge in [0.15, 0.2) is 0 Å². The van der Waals surface area contributed by atoms with Crippen LogP contribution in [0.3, 0.4) is 0 Å². The van der Waals surface area contributed by atoms with E-state index in [-0.39, 0.29) is 12.5 Å². The Morgan fingerprint density at radius 1 is 1.31 bits per heavy atom. The topological polar surface area (TPSA) is 76.1 Å². The molecule has 1 amide bonds. The summed E-state index contributed by atoms with van der Waals surface area (Å²) in [5.74, 6) is -0.325. The highest BCUT2D eigenvalue weighted by Gasteiger charge is 2.44. The fourth-order valence-electron chi connectivity index (χ4n) is 3.09. The SMILES string of the molecule is C=C(CCl)C[C@H]1[C@H](O)CC[C@@H](C(=O)OC)N1C(=O)OCc1ccccc1. The molecule has 1 aliphatic rings. The van der Waals surface area contributed by atoms with Crippen LogP contribution in [-0.2, 0) is 20.9 Å². The van der Waals surface area contributed by atoms with Crippen LogP contribution in [0.5, 0.6) is 0 Å². The number of amides is 1. The van der Waals surface area contributed by atoms with E-state index in [9.17, 15) is 14.7 Å². The van der Waals surface area contributed by atoms with Gasteiger partial charge < -0.3 is 14.6 Å². The largest absolute Gasteiger partial charge is 0.467 e. The number of alkyl halides is 1. The van der Waals surface area contributed by atoms with E-state index in [1.54, 1.807) is 0 Å². The molecule has 7 heteroatoms. The van der Waals surface area contributed by atoms with Gasteiger partial charge in [0.25, 0.3) is 0 Å². The summed E-state index contributed by atoms with van der Waals surface area (Å²) in [6, 6.07) is 7.79. The van der Waals surface area contributed by atoms with Crippen molar-refractivity contribution < 1.29 is 24.2 Å². The zero-order valence-electron chi connectivity index (χ0n) is 14.8. The number of nitrogens with zero attached hydrogens (tertiary/aromatic N) is 1. The Balaban J connectivity index is 2.19. The molecule has 26 heavy (non-hydrogen) atoms. The van der Waals surface area contributed by atoms with E-state index in [0.717, 1.165) is 5.56 Å². The van der Waals surface area contributed by atoms with E-state index in [0.29, 0.717) is 24.8 Å². The van der Waals surface area contributed by atoms with Gasteiger partial charge in [0.1, 0.15) is 12.6 Å². The molecule has 0 aromatic heterocycles. The Labute approximate surface area is 158 Å². The summed E-state index contributed by atoms with van der Waals surface area (Å²) in [7, 11) is 1.27. The summed E-state index contributed by atoms with van der Waals surface area (Å²) in [6.45, 7) is 3.91. The molecule has 0 aliphatic carbocycles.